The molecule has 1 heterocycles. The van der Waals surface area contributed by atoms with E-state index in [1.807, 2.05) is 0 Å². The van der Waals surface area contributed by atoms with Crippen LogP contribution in [0.15, 0.2) is 10.5 Å². The molecule has 0 aliphatic heterocycles. The molecule has 0 saturated carbocycles. The Balaban J connectivity index is 2.48. The molecule has 0 atom stereocenters. The van der Waals surface area contributed by atoms with Crippen molar-refractivity contribution in [3.05, 3.63) is 23.2 Å². The fourth-order valence-corrected chi connectivity index (χ4v) is 1.99. The van der Waals surface area contributed by atoms with Crippen LogP contribution >= 0.6 is 11.8 Å². The molecule has 0 spiro atoms. The molecule has 1 aromatic rings. The number of furan rings is 1. The van der Waals surface area contributed by atoms with Crippen LogP contribution in [0.1, 0.15) is 28.3 Å². The third kappa shape index (κ3) is 3.60. The Morgan fingerprint density at radius 2 is 2.33 bits per heavy atom. The molecule has 0 aliphatic carbocycles. The first-order valence-corrected chi connectivity index (χ1v) is 5.82. The molecule has 4 nitrogen and oxygen atoms in total. The summed E-state index contributed by atoms with van der Waals surface area (Å²) in [6.07, 6.45) is 0.746. The highest BCUT2D eigenvalue weighted by molar-refractivity contribution is 7.98. The summed E-state index contributed by atoms with van der Waals surface area (Å²) in [5.41, 5.74) is 0.229. The van der Waals surface area contributed by atoms with Gasteiger partial charge in [-0.3, -0.25) is 0 Å². The smallest absolute Gasteiger partial charge is 0.339 e. The molecule has 0 amide bonds. The van der Waals surface area contributed by atoms with Gasteiger partial charge < -0.3 is 14.6 Å². The summed E-state index contributed by atoms with van der Waals surface area (Å²) < 4.78 is 5.29. The summed E-state index contributed by atoms with van der Waals surface area (Å²) >= 11 is 1.62. The summed E-state index contributed by atoms with van der Waals surface area (Å²) in [5, 5.41) is 17.4. The largest absolute Gasteiger partial charge is 0.478 e. The van der Waals surface area contributed by atoms with E-state index in [9.17, 15) is 4.79 Å². The van der Waals surface area contributed by atoms with Gasteiger partial charge in [-0.05, 0) is 25.2 Å². The zero-order valence-electron chi connectivity index (χ0n) is 8.52. The average molecular weight is 230 g/mol. The Bertz CT molecular complexity index is 332. The minimum absolute atomic E-state index is 0.185. The van der Waals surface area contributed by atoms with Gasteiger partial charge in [-0.15, -0.1) is 0 Å². The number of hydrogen-bond donors (Lipinski definition) is 2. The quantitative estimate of drug-likeness (QED) is 0.730. The third-order valence-corrected chi connectivity index (χ3v) is 2.96. The van der Waals surface area contributed by atoms with Gasteiger partial charge in [0.25, 0.3) is 0 Å². The summed E-state index contributed by atoms with van der Waals surface area (Å²) in [5.74, 6) is 1.66. The Morgan fingerprint density at radius 3 is 2.87 bits per heavy atom. The lowest BCUT2D eigenvalue weighted by Crippen LogP contribution is -1.94. The van der Waals surface area contributed by atoms with Gasteiger partial charge in [-0.1, -0.05) is 0 Å². The molecule has 84 valence electrons. The molecule has 15 heavy (non-hydrogen) atoms. The van der Waals surface area contributed by atoms with E-state index in [1.165, 1.54) is 0 Å². The van der Waals surface area contributed by atoms with E-state index in [0.29, 0.717) is 17.3 Å². The van der Waals surface area contributed by atoms with Crippen LogP contribution in [0.5, 0.6) is 0 Å². The second kappa shape index (κ2) is 5.82. The lowest BCUT2D eigenvalue weighted by molar-refractivity contribution is 0.0695. The zero-order valence-corrected chi connectivity index (χ0v) is 9.34. The van der Waals surface area contributed by atoms with E-state index < -0.39 is 5.97 Å². The minimum atomic E-state index is -0.956. The van der Waals surface area contributed by atoms with E-state index >= 15 is 0 Å². The number of rotatable bonds is 6. The topological polar surface area (TPSA) is 70.7 Å². The summed E-state index contributed by atoms with van der Waals surface area (Å²) in [4.78, 5) is 10.7. The highest BCUT2D eigenvalue weighted by atomic mass is 32.2. The standard InChI is InChI=1S/C10H14O4S/c1-7-9(10(12)13)5-8(14-7)6-15-4-2-3-11/h5,11H,2-4,6H2,1H3,(H,12,13). The van der Waals surface area contributed by atoms with Crippen LogP contribution in [-0.2, 0) is 5.75 Å². The first kappa shape index (κ1) is 12.1. The van der Waals surface area contributed by atoms with E-state index in [2.05, 4.69) is 0 Å². The number of hydrogen-bond acceptors (Lipinski definition) is 4. The number of carboxylic acid groups (broad SMARTS) is 1. The van der Waals surface area contributed by atoms with Crippen molar-refractivity contribution in [1.29, 1.82) is 0 Å². The number of aliphatic hydroxyl groups excluding tert-OH is 1. The van der Waals surface area contributed by atoms with Gasteiger partial charge >= 0.3 is 5.97 Å². The van der Waals surface area contributed by atoms with Crippen LogP contribution in [0.2, 0.25) is 0 Å². The van der Waals surface area contributed by atoms with Gasteiger partial charge in [-0.25, -0.2) is 4.79 Å². The van der Waals surface area contributed by atoms with Crippen molar-refractivity contribution >= 4 is 17.7 Å². The fraction of sp³-hybridized carbons (Fsp3) is 0.500. The maximum Gasteiger partial charge on any atom is 0.339 e. The van der Waals surface area contributed by atoms with Crippen LogP contribution in [0, 0.1) is 6.92 Å². The monoisotopic (exact) mass is 230 g/mol. The van der Waals surface area contributed by atoms with Crippen LogP contribution in [0.25, 0.3) is 0 Å². The Hall–Kier alpha value is -0.940. The molecule has 2 N–H and O–H groups in total. The van der Waals surface area contributed by atoms with Crippen molar-refractivity contribution in [3.8, 4) is 0 Å². The molecule has 0 radical (unpaired) electrons. The van der Waals surface area contributed by atoms with Gasteiger partial charge in [0.2, 0.25) is 0 Å². The van der Waals surface area contributed by atoms with Crippen molar-refractivity contribution in [2.45, 2.75) is 19.1 Å². The number of thioether (sulfide) groups is 1. The van der Waals surface area contributed by atoms with Gasteiger partial charge in [0.05, 0.1) is 5.75 Å². The summed E-state index contributed by atoms with van der Waals surface area (Å²) in [6.45, 7) is 1.83. The molecule has 0 bridgehead atoms. The number of carboxylic acids is 1. The summed E-state index contributed by atoms with van der Waals surface area (Å²) in [7, 11) is 0. The van der Waals surface area contributed by atoms with Gasteiger partial charge in [-0.2, -0.15) is 11.8 Å². The molecule has 1 rings (SSSR count). The van der Waals surface area contributed by atoms with E-state index in [0.717, 1.165) is 12.2 Å². The van der Waals surface area contributed by atoms with Crippen molar-refractivity contribution in [2.24, 2.45) is 0 Å². The Kier molecular flexibility index (Phi) is 4.71. The van der Waals surface area contributed by atoms with Gasteiger partial charge in [0, 0.05) is 6.61 Å². The minimum Gasteiger partial charge on any atom is -0.478 e. The fourth-order valence-electron chi connectivity index (χ4n) is 1.17. The summed E-state index contributed by atoms with van der Waals surface area (Å²) in [6, 6.07) is 1.56. The zero-order chi connectivity index (χ0) is 11.3. The highest BCUT2D eigenvalue weighted by Crippen LogP contribution is 2.19. The molecule has 0 fully saturated rings. The first-order chi connectivity index (χ1) is 7.15. The predicted octanol–water partition coefficient (Wildman–Crippen LogP) is 1.90. The number of carbonyl (C=O) groups is 1. The number of aromatic carboxylic acids is 1. The predicted molar refractivity (Wildman–Crippen MR) is 58.3 cm³/mol. The van der Waals surface area contributed by atoms with E-state index in [1.54, 1.807) is 24.8 Å². The van der Waals surface area contributed by atoms with Crippen molar-refractivity contribution in [1.82, 2.24) is 0 Å². The second-order valence-corrected chi connectivity index (χ2v) is 4.22. The van der Waals surface area contributed by atoms with E-state index in [4.69, 9.17) is 14.6 Å². The first-order valence-electron chi connectivity index (χ1n) is 4.66. The highest BCUT2D eigenvalue weighted by Gasteiger charge is 2.13. The Morgan fingerprint density at radius 1 is 1.60 bits per heavy atom. The molecule has 0 saturated heterocycles. The molecular weight excluding hydrogens is 216 g/mol. The van der Waals surface area contributed by atoms with Crippen LogP contribution in [-0.4, -0.2) is 28.5 Å². The van der Waals surface area contributed by atoms with E-state index in [-0.39, 0.29) is 12.2 Å². The Labute approximate surface area is 92.3 Å². The molecule has 0 aliphatic rings. The van der Waals surface area contributed by atoms with Crippen molar-refractivity contribution in [3.63, 3.8) is 0 Å². The maximum absolute atomic E-state index is 10.7. The molecule has 1 aromatic heterocycles. The lowest BCUT2D eigenvalue weighted by atomic mass is 10.2. The van der Waals surface area contributed by atoms with Gasteiger partial charge in [0.15, 0.2) is 0 Å². The number of aryl methyl sites for hydroxylation is 1. The van der Waals surface area contributed by atoms with Crippen molar-refractivity contribution < 1.29 is 19.4 Å². The van der Waals surface area contributed by atoms with Crippen LogP contribution in [0.4, 0.5) is 0 Å². The molecule has 0 unspecified atom stereocenters. The third-order valence-electron chi connectivity index (χ3n) is 1.89. The average Bonchev–Trinajstić information content (AvgIpc) is 2.55. The molecule has 5 heteroatoms. The molecule has 0 aromatic carbocycles. The second-order valence-electron chi connectivity index (χ2n) is 3.12. The SMILES string of the molecule is Cc1oc(CSCCCO)cc1C(=O)O. The number of aliphatic hydroxyl groups is 1. The van der Waals surface area contributed by atoms with Crippen LogP contribution in [0.3, 0.4) is 0 Å². The van der Waals surface area contributed by atoms with Gasteiger partial charge in [0.1, 0.15) is 17.1 Å². The lowest BCUT2D eigenvalue weighted by Gasteiger charge is -1.96. The maximum atomic E-state index is 10.7. The van der Waals surface area contributed by atoms with Crippen LogP contribution < -0.4 is 0 Å². The normalized spacial score (nSPS) is 10.5. The van der Waals surface area contributed by atoms with Crippen molar-refractivity contribution in [2.75, 3.05) is 12.4 Å². The molecular formula is C10H14O4S.